The van der Waals surface area contributed by atoms with Crippen molar-refractivity contribution >= 4 is 44.9 Å². The van der Waals surface area contributed by atoms with Gasteiger partial charge in [-0.1, -0.05) is 13.3 Å². The Hall–Kier alpha value is 0.169. The standard InChI is InChI=1S/C8H14O4S.2C8H17.C2H6O2.Sn/c1-2-3-4-12-8(11)6(9)5-7(10)13;2*1-3-5-7-8-6-4-2;3-1-2-4;/h6,9H,2-5H2,1H3,(H,10,13);2*1,3-8H2,2H3;3-4H,1-2H2;. The third-order valence-corrected chi connectivity index (χ3v) is 9.12. The predicted octanol–water partition coefficient (Wildman–Crippen LogP) is 5.76. The molecule has 2 radical (unpaired) electrons. The van der Waals surface area contributed by atoms with Crippen molar-refractivity contribution in [1.29, 1.82) is 0 Å². The maximum atomic E-state index is 10.9. The molecule has 6 nitrogen and oxygen atoms in total. The number of aliphatic hydroxyl groups is 3. The minimum atomic E-state index is -1.37. The molecular weight excluding hydrogens is 559 g/mol. The first-order chi connectivity index (χ1) is 16.4. The Morgan fingerprint density at radius 2 is 1.15 bits per heavy atom. The van der Waals surface area contributed by atoms with Gasteiger partial charge in [0.15, 0.2) is 11.2 Å². The smallest absolute Gasteiger partial charge is 0.335 e. The van der Waals surface area contributed by atoms with Gasteiger partial charge in [0, 0.05) is 0 Å². The fraction of sp³-hybridized carbons (Fsp3) is 0.923. The van der Waals surface area contributed by atoms with Crippen molar-refractivity contribution in [3.8, 4) is 0 Å². The van der Waals surface area contributed by atoms with Crippen LogP contribution in [0.2, 0.25) is 8.87 Å². The van der Waals surface area contributed by atoms with E-state index in [1.165, 1.54) is 64.2 Å². The van der Waals surface area contributed by atoms with Crippen molar-refractivity contribution in [3.63, 3.8) is 0 Å². The van der Waals surface area contributed by atoms with Crippen molar-refractivity contribution in [3.05, 3.63) is 0 Å². The van der Waals surface area contributed by atoms with Gasteiger partial charge >= 0.3 is 127 Å². The normalized spacial score (nSPS) is 11.0. The van der Waals surface area contributed by atoms with Crippen LogP contribution < -0.4 is 0 Å². The van der Waals surface area contributed by atoms with Gasteiger partial charge in [0.1, 0.15) is 0 Å². The summed E-state index contributed by atoms with van der Waals surface area (Å²) < 4.78 is 7.98. The summed E-state index contributed by atoms with van der Waals surface area (Å²) in [4.78, 5) is 21.3. The second-order valence-corrected chi connectivity index (χ2v) is 13.1. The first-order valence-corrected chi connectivity index (χ1v) is 17.9. The van der Waals surface area contributed by atoms with Gasteiger partial charge in [-0.25, -0.2) is 4.79 Å². The first-order valence-electron chi connectivity index (χ1n) is 13.4. The summed E-state index contributed by atoms with van der Waals surface area (Å²) in [5.74, 6) is -0.754. The summed E-state index contributed by atoms with van der Waals surface area (Å²) in [6, 6.07) is 0. The average molecular weight is 613 g/mol. The molecule has 34 heavy (non-hydrogen) atoms. The maximum Gasteiger partial charge on any atom is 0.335 e. The molecule has 1 unspecified atom stereocenters. The molecule has 0 amide bonds. The average Bonchev–Trinajstić information content (AvgIpc) is 2.82. The number of carbonyl (C=O) groups excluding carboxylic acids is 2. The first kappa shape index (κ1) is 38.7. The largest absolute Gasteiger partial charge is 0.464 e. The summed E-state index contributed by atoms with van der Waals surface area (Å²) in [7, 11) is 0. The summed E-state index contributed by atoms with van der Waals surface area (Å²) in [6.07, 6.45) is 17.8. The van der Waals surface area contributed by atoms with Crippen molar-refractivity contribution in [2.45, 2.75) is 132 Å². The molecule has 0 bridgehead atoms. The number of hydrogen-bond acceptors (Lipinski definition) is 6. The van der Waals surface area contributed by atoms with Crippen LogP contribution in [0.15, 0.2) is 0 Å². The number of unbranched alkanes of at least 4 members (excludes halogenated alkanes) is 11. The molecule has 0 saturated heterocycles. The minimum absolute atomic E-state index is 0.0736. The molecule has 0 aromatic heterocycles. The molecule has 0 aliphatic rings. The van der Waals surface area contributed by atoms with Gasteiger partial charge < -0.3 is 20.1 Å². The van der Waals surface area contributed by atoms with Crippen LogP contribution in [-0.2, 0) is 14.3 Å². The zero-order chi connectivity index (χ0) is 26.3. The van der Waals surface area contributed by atoms with E-state index in [0.717, 1.165) is 12.8 Å². The molecule has 0 saturated carbocycles. The van der Waals surface area contributed by atoms with Gasteiger partial charge in [-0.2, -0.15) is 0 Å². The van der Waals surface area contributed by atoms with E-state index < -0.39 is 17.2 Å². The summed E-state index contributed by atoms with van der Waals surface area (Å²) >= 11 is 3.51. The second kappa shape index (κ2) is 35.3. The monoisotopic (exact) mass is 614 g/mol. The van der Waals surface area contributed by atoms with Gasteiger partial charge in [-0.05, 0) is 6.42 Å². The molecule has 3 N–H and O–H groups in total. The number of esters is 1. The van der Waals surface area contributed by atoms with Gasteiger partial charge in [-0.3, -0.25) is 4.79 Å². The van der Waals surface area contributed by atoms with Gasteiger partial charge in [0.2, 0.25) is 0 Å². The number of carbonyl (C=O) groups is 2. The molecule has 204 valence electrons. The zero-order valence-corrected chi connectivity index (χ0v) is 26.0. The van der Waals surface area contributed by atoms with Crippen molar-refractivity contribution in [1.82, 2.24) is 0 Å². The molecule has 0 heterocycles. The topological polar surface area (TPSA) is 104 Å². The SMILES string of the molecule is CCCCCCC[CH2][Sn][CH2]CCCCCCC.CCCCOC(=O)C(O)CC(=O)S.OCCO. The van der Waals surface area contributed by atoms with Gasteiger partial charge in [-0.15, -0.1) is 12.6 Å². The van der Waals surface area contributed by atoms with Crippen LogP contribution in [0.5, 0.6) is 0 Å². The van der Waals surface area contributed by atoms with Crippen LogP contribution in [0.1, 0.15) is 117 Å². The van der Waals surface area contributed by atoms with Crippen molar-refractivity contribution < 1.29 is 29.6 Å². The van der Waals surface area contributed by atoms with E-state index in [0.29, 0.717) is 0 Å². The van der Waals surface area contributed by atoms with Crippen LogP contribution in [0.3, 0.4) is 0 Å². The summed E-state index contributed by atoms with van der Waals surface area (Å²) in [5.41, 5.74) is 0. The maximum absolute atomic E-state index is 10.9. The van der Waals surface area contributed by atoms with E-state index in [1.54, 1.807) is 21.7 Å². The number of thiol groups is 1. The van der Waals surface area contributed by atoms with E-state index in [4.69, 9.17) is 15.3 Å². The van der Waals surface area contributed by atoms with E-state index in [-0.39, 0.29) is 47.4 Å². The van der Waals surface area contributed by atoms with E-state index >= 15 is 0 Å². The molecular formula is C26H54O6SSn. The van der Waals surface area contributed by atoms with Crippen molar-refractivity contribution in [2.75, 3.05) is 19.8 Å². The Balaban J connectivity index is -0.000000500. The number of aliphatic hydroxyl groups excluding tert-OH is 3. The van der Waals surface area contributed by atoms with Gasteiger partial charge in [0.05, 0.1) is 26.2 Å². The second-order valence-electron chi connectivity index (χ2n) is 8.37. The van der Waals surface area contributed by atoms with Crippen LogP contribution >= 0.6 is 12.6 Å². The Morgan fingerprint density at radius 1 is 0.735 bits per heavy atom. The zero-order valence-electron chi connectivity index (χ0n) is 22.2. The molecule has 0 aromatic rings. The van der Waals surface area contributed by atoms with Crippen LogP contribution in [0, 0.1) is 0 Å². The van der Waals surface area contributed by atoms with Gasteiger partial charge in [0.25, 0.3) is 0 Å². The predicted molar refractivity (Wildman–Crippen MR) is 147 cm³/mol. The number of hydrogen-bond donors (Lipinski definition) is 4. The molecule has 0 spiro atoms. The van der Waals surface area contributed by atoms with E-state index in [9.17, 15) is 9.59 Å². The van der Waals surface area contributed by atoms with Crippen LogP contribution in [-0.4, -0.2) is 73.5 Å². The molecule has 1 atom stereocenters. The number of ether oxygens (including phenoxy) is 1. The minimum Gasteiger partial charge on any atom is -0.464 e. The molecule has 0 fully saturated rings. The van der Waals surface area contributed by atoms with Crippen LogP contribution in [0.25, 0.3) is 0 Å². The quantitative estimate of drug-likeness (QED) is 0.0569. The molecule has 0 aliphatic heterocycles. The Kier molecular flexibility index (Phi) is 40.2. The third-order valence-electron chi connectivity index (χ3n) is 4.90. The van der Waals surface area contributed by atoms with E-state index in [2.05, 4.69) is 31.2 Å². The van der Waals surface area contributed by atoms with E-state index in [1.807, 2.05) is 6.92 Å². The molecule has 8 heteroatoms. The molecule has 0 aliphatic carbocycles. The van der Waals surface area contributed by atoms with Crippen molar-refractivity contribution in [2.24, 2.45) is 0 Å². The Morgan fingerprint density at radius 3 is 1.53 bits per heavy atom. The van der Waals surface area contributed by atoms with Crippen LogP contribution in [0.4, 0.5) is 0 Å². The third kappa shape index (κ3) is 39.4. The molecule has 0 rings (SSSR count). The number of rotatable bonds is 21. The molecule has 0 aromatic carbocycles. The summed E-state index contributed by atoms with van der Waals surface area (Å²) in [6.45, 7) is 6.60. The fourth-order valence-corrected chi connectivity index (χ4v) is 6.59. The summed E-state index contributed by atoms with van der Waals surface area (Å²) in [5, 5.41) is 23.8. The Bertz CT molecular complexity index is 397. The Labute approximate surface area is 225 Å². The fourth-order valence-electron chi connectivity index (χ4n) is 2.85.